The maximum Gasteiger partial charge on any atom is 0.327 e. The molecule has 0 aliphatic carbocycles. The first kappa shape index (κ1) is 17.2. The zero-order chi connectivity index (χ0) is 15.8. The third kappa shape index (κ3) is 5.55. The largest absolute Gasteiger partial charge is 0.468 e. The lowest BCUT2D eigenvalue weighted by Crippen LogP contribution is -2.46. The summed E-state index contributed by atoms with van der Waals surface area (Å²) in [4.78, 5) is 23.9. The Morgan fingerprint density at radius 1 is 1.14 bits per heavy atom. The van der Waals surface area contributed by atoms with Gasteiger partial charge in [0, 0.05) is 6.54 Å². The van der Waals surface area contributed by atoms with Gasteiger partial charge in [0.2, 0.25) is 5.91 Å². The van der Waals surface area contributed by atoms with Crippen LogP contribution >= 0.6 is 0 Å². The van der Waals surface area contributed by atoms with Crippen LogP contribution in [0.15, 0.2) is 30.3 Å². The minimum absolute atomic E-state index is 0.131. The van der Waals surface area contributed by atoms with Crippen LogP contribution in [0.1, 0.15) is 32.4 Å². The van der Waals surface area contributed by atoms with Crippen molar-refractivity contribution in [3.8, 4) is 0 Å². The van der Waals surface area contributed by atoms with Gasteiger partial charge < -0.3 is 10.1 Å². The molecule has 0 radical (unpaired) electrons. The molecule has 0 aromatic heterocycles. The van der Waals surface area contributed by atoms with Crippen LogP contribution in [0.25, 0.3) is 0 Å². The highest BCUT2D eigenvalue weighted by Crippen LogP contribution is 2.15. The van der Waals surface area contributed by atoms with E-state index in [-0.39, 0.29) is 5.91 Å². The number of methoxy groups -OCH3 is 1. The van der Waals surface area contributed by atoms with Gasteiger partial charge in [0.15, 0.2) is 0 Å². The van der Waals surface area contributed by atoms with E-state index >= 15 is 0 Å². The Morgan fingerprint density at radius 3 is 2.29 bits per heavy atom. The van der Waals surface area contributed by atoms with Crippen molar-refractivity contribution >= 4 is 11.9 Å². The Balaban J connectivity index is 2.73. The first-order chi connectivity index (χ1) is 9.95. The number of benzene rings is 1. The Kier molecular flexibility index (Phi) is 6.88. The lowest BCUT2D eigenvalue weighted by molar-refractivity contribution is -0.143. The van der Waals surface area contributed by atoms with E-state index in [0.29, 0.717) is 12.5 Å². The third-order valence-electron chi connectivity index (χ3n) is 3.06. The fourth-order valence-corrected chi connectivity index (χ4v) is 1.85. The molecule has 0 aliphatic heterocycles. The van der Waals surface area contributed by atoms with Gasteiger partial charge in [0.25, 0.3) is 0 Å². The molecular formula is C16H24N2O3. The van der Waals surface area contributed by atoms with Crippen molar-refractivity contribution in [2.45, 2.75) is 32.9 Å². The molecule has 116 valence electrons. The van der Waals surface area contributed by atoms with Crippen LogP contribution in [0.3, 0.4) is 0 Å². The van der Waals surface area contributed by atoms with Gasteiger partial charge in [-0.15, -0.1) is 0 Å². The van der Waals surface area contributed by atoms with Crippen LogP contribution in [0, 0.1) is 5.92 Å². The monoisotopic (exact) mass is 292 g/mol. The second kappa shape index (κ2) is 8.42. The minimum Gasteiger partial charge on any atom is -0.468 e. The molecule has 1 rings (SSSR count). The number of ether oxygens (including phenoxy) is 1. The predicted molar refractivity (Wildman–Crippen MR) is 81.6 cm³/mol. The average molecular weight is 292 g/mol. The van der Waals surface area contributed by atoms with Crippen molar-refractivity contribution in [2.24, 2.45) is 5.92 Å². The minimum atomic E-state index is -0.656. The van der Waals surface area contributed by atoms with Gasteiger partial charge in [-0.05, 0) is 18.4 Å². The molecule has 1 aromatic carbocycles. The smallest absolute Gasteiger partial charge is 0.327 e. The Labute approximate surface area is 126 Å². The molecule has 5 heteroatoms. The Bertz CT molecular complexity index is 460. The van der Waals surface area contributed by atoms with E-state index in [4.69, 9.17) is 4.74 Å². The van der Waals surface area contributed by atoms with Gasteiger partial charge >= 0.3 is 5.97 Å². The van der Waals surface area contributed by atoms with Crippen LogP contribution in [0.2, 0.25) is 0 Å². The van der Waals surface area contributed by atoms with Crippen LogP contribution < -0.4 is 10.6 Å². The normalized spacial score (nSPS) is 13.6. The molecule has 21 heavy (non-hydrogen) atoms. The van der Waals surface area contributed by atoms with Gasteiger partial charge in [-0.2, -0.15) is 0 Å². The van der Waals surface area contributed by atoms with E-state index in [1.54, 1.807) is 6.92 Å². The van der Waals surface area contributed by atoms with Crippen molar-refractivity contribution < 1.29 is 14.3 Å². The summed E-state index contributed by atoms with van der Waals surface area (Å²) in [6, 6.07) is 8.06. The highest BCUT2D eigenvalue weighted by Gasteiger charge is 2.25. The summed E-state index contributed by atoms with van der Waals surface area (Å²) in [5.41, 5.74) is 0.771. The second-order valence-corrected chi connectivity index (χ2v) is 5.39. The molecule has 0 fully saturated rings. The summed E-state index contributed by atoms with van der Waals surface area (Å²) in [6.45, 7) is 6.40. The van der Waals surface area contributed by atoms with Crippen molar-refractivity contribution in [3.05, 3.63) is 35.9 Å². The summed E-state index contributed by atoms with van der Waals surface area (Å²) in [5.74, 6) is -0.162. The topological polar surface area (TPSA) is 67.4 Å². The molecule has 0 spiro atoms. The fraction of sp³-hybridized carbons (Fsp3) is 0.500. The molecule has 0 saturated carbocycles. The van der Waals surface area contributed by atoms with Gasteiger partial charge in [-0.3, -0.25) is 10.1 Å². The van der Waals surface area contributed by atoms with Gasteiger partial charge in [-0.1, -0.05) is 44.2 Å². The summed E-state index contributed by atoms with van der Waals surface area (Å²) >= 11 is 0. The van der Waals surface area contributed by atoms with Crippen molar-refractivity contribution in [3.63, 3.8) is 0 Å². The molecule has 2 atom stereocenters. The second-order valence-electron chi connectivity index (χ2n) is 5.39. The van der Waals surface area contributed by atoms with E-state index in [1.807, 2.05) is 44.2 Å². The van der Waals surface area contributed by atoms with E-state index in [0.717, 1.165) is 5.56 Å². The van der Waals surface area contributed by atoms with E-state index < -0.39 is 18.1 Å². The van der Waals surface area contributed by atoms with Gasteiger partial charge in [-0.25, -0.2) is 4.79 Å². The standard InChI is InChI=1S/C16H24N2O3/c1-11(2)10-17-15(19)12(3)18-14(16(20)21-4)13-8-6-5-7-9-13/h5-9,11-12,14,18H,10H2,1-4H3,(H,17,19). The molecule has 0 bridgehead atoms. The third-order valence-corrected chi connectivity index (χ3v) is 3.06. The number of hydrogen-bond donors (Lipinski definition) is 2. The maximum atomic E-state index is 12.0. The van der Waals surface area contributed by atoms with Crippen LogP contribution in [-0.2, 0) is 14.3 Å². The van der Waals surface area contributed by atoms with Crippen molar-refractivity contribution in [1.82, 2.24) is 10.6 Å². The lowest BCUT2D eigenvalue weighted by Gasteiger charge is -2.21. The number of carbonyl (C=O) groups excluding carboxylic acids is 2. The first-order valence-electron chi connectivity index (χ1n) is 7.12. The fourth-order valence-electron chi connectivity index (χ4n) is 1.85. The van der Waals surface area contributed by atoms with E-state index in [2.05, 4.69) is 10.6 Å². The number of carbonyl (C=O) groups is 2. The maximum absolute atomic E-state index is 12.0. The van der Waals surface area contributed by atoms with Crippen LogP contribution in [0.4, 0.5) is 0 Å². The molecule has 0 saturated heterocycles. The molecule has 2 unspecified atom stereocenters. The molecule has 0 aliphatic rings. The van der Waals surface area contributed by atoms with E-state index in [1.165, 1.54) is 7.11 Å². The predicted octanol–water partition coefficient (Wildman–Crippen LogP) is 1.65. The Morgan fingerprint density at radius 2 is 1.76 bits per heavy atom. The van der Waals surface area contributed by atoms with Gasteiger partial charge in [0.05, 0.1) is 13.2 Å². The molecule has 1 amide bonds. The molecule has 2 N–H and O–H groups in total. The van der Waals surface area contributed by atoms with Crippen LogP contribution in [-0.4, -0.2) is 31.6 Å². The number of esters is 1. The first-order valence-corrected chi connectivity index (χ1v) is 7.12. The zero-order valence-electron chi connectivity index (χ0n) is 13.1. The highest BCUT2D eigenvalue weighted by atomic mass is 16.5. The molecule has 5 nitrogen and oxygen atoms in total. The number of amides is 1. The summed E-state index contributed by atoms with van der Waals surface area (Å²) < 4.78 is 4.81. The molecule has 1 aromatic rings. The number of nitrogens with one attached hydrogen (secondary N) is 2. The van der Waals surface area contributed by atoms with Crippen LogP contribution in [0.5, 0.6) is 0 Å². The number of hydrogen-bond acceptors (Lipinski definition) is 4. The highest BCUT2D eigenvalue weighted by molar-refractivity contribution is 5.83. The van der Waals surface area contributed by atoms with Gasteiger partial charge in [0.1, 0.15) is 6.04 Å². The summed E-state index contributed by atoms with van der Waals surface area (Å²) in [7, 11) is 1.34. The summed E-state index contributed by atoms with van der Waals surface area (Å²) in [6.07, 6.45) is 0. The van der Waals surface area contributed by atoms with E-state index in [9.17, 15) is 9.59 Å². The SMILES string of the molecule is COC(=O)C(NC(C)C(=O)NCC(C)C)c1ccccc1. The quantitative estimate of drug-likeness (QED) is 0.750. The van der Waals surface area contributed by atoms with Crippen molar-refractivity contribution in [1.29, 1.82) is 0 Å². The average Bonchev–Trinajstić information content (AvgIpc) is 2.49. The van der Waals surface area contributed by atoms with Crippen molar-refractivity contribution in [2.75, 3.05) is 13.7 Å². The molecule has 0 heterocycles. The zero-order valence-corrected chi connectivity index (χ0v) is 13.1. The number of rotatable bonds is 7. The Hall–Kier alpha value is -1.88. The summed E-state index contributed by atoms with van der Waals surface area (Å²) in [5, 5.41) is 5.86. The molecular weight excluding hydrogens is 268 g/mol. The lowest BCUT2D eigenvalue weighted by atomic mass is 10.1.